The molecule has 1 fully saturated rings. The van der Waals surface area contributed by atoms with Gasteiger partial charge in [0.1, 0.15) is 18.3 Å². The Bertz CT molecular complexity index is 126. The molecule has 0 amide bonds. The van der Waals surface area contributed by atoms with Gasteiger partial charge in [-0.2, -0.15) is 0 Å². The number of rotatable bonds is 0. The molecule has 0 aromatic heterocycles. The third-order valence-corrected chi connectivity index (χ3v) is 1.83. The van der Waals surface area contributed by atoms with Crippen molar-refractivity contribution in [3.63, 3.8) is 0 Å². The maximum absolute atomic E-state index is 9.09. The minimum atomic E-state index is -1.43. The van der Waals surface area contributed by atoms with E-state index < -0.39 is 30.7 Å². The van der Waals surface area contributed by atoms with Gasteiger partial charge in [-0.05, 0) is 6.92 Å². The molecule has 0 spiro atoms. The number of ether oxygens (including phenoxy) is 1. The highest BCUT2D eigenvalue weighted by atomic mass is 16.6. The normalized spacial score (nSPS) is 48.2. The minimum absolute atomic E-state index is 0. The van der Waals surface area contributed by atoms with E-state index in [4.69, 9.17) is 20.4 Å². The second-order valence-electron chi connectivity index (χ2n) is 2.70. The SMILES string of the molecule is CC1OC(O)C(O)C(O)C1O.O. The largest absolute Gasteiger partial charge is 0.412 e. The number of aliphatic hydroxyl groups excluding tert-OH is 4. The van der Waals surface area contributed by atoms with E-state index in [2.05, 4.69) is 4.74 Å². The predicted molar refractivity (Wildman–Crippen MR) is 38.2 cm³/mol. The van der Waals surface area contributed by atoms with Gasteiger partial charge in [-0.1, -0.05) is 0 Å². The Labute approximate surface area is 69.3 Å². The van der Waals surface area contributed by atoms with Crippen molar-refractivity contribution >= 4 is 0 Å². The lowest BCUT2D eigenvalue weighted by atomic mass is 10.0. The Morgan fingerprint density at radius 1 is 0.917 bits per heavy atom. The van der Waals surface area contributed by atoms with Crippen LogP contribution in [0.2, 0.25) is 0 Å². The highest BCUT2D eigenvalue weighted by Gasteiger charge is 2.40. The Kier molecular flexibility index (Phi) is 4.04. The summed E-state index contributed by atoms with van der Waals surface area (Å²) in [6.45, 7) is 1.50. The van der Waals surface area contributed by atoms with Crippen molar-refractivity contribution in [2.24, 2.45) is 0 Å². The molecule has 5 atom stereocenters. The maximum atomic E-state index is 9.09. The maximum Gasteiger partial charge on any atom is 0.183 e. The molecular weight excluding hydrogens is 168 g/mol. The molecule has 12 heavy (non-hydrogen) atoms. The van der Waals surface area contributed by atoms with Crippen LogP contribution < -0.4 is 0 Å². The Morgan fingerprint density at radius 2 is 1.42 bits per heavy atom. The van der Waals surface area contributed by atoms with Gasteiger partial charge in [0.25, 0.3) is 0 Å². The van der Waals surface area contributed by atoms with Crippen molar-refractivity contribution in [3.8, 4) is 0 Å². The van der Waals surface area contributed by atoms with Gasteiger partial charge in [-0.25, -0.2) is 0 Å². The molecule has 0 aromatic carbocycles. The van der Waals surface area contributed by atoms with Crippen molar-refractivity contribution in [2.75, 3.05) is 0 Å². The summed E-state index contributed by atoms with van der Waals surface area (Å²) in [6.07, 6.45) is -5.99. The molecule has 0 aromatic rings. The van der Waals surface area contributed by atoms with Gasteiger partial charge in [0.15, 0.2) is 6.29 Å². The fourth-order valence-corrected chi connectivity index (χ4v) is 1.03. The highest BCUT2D eigenvalue weighted by Crippen LogP contribution is 2.18. The molecule has 5 unspecified atom stereocenters. The summed E-state index contributed by atoms with van der Waals surface area (Å²) in [7, 11) is 0. The summed E-state index contributed by atoms with van der Waals surface area (Å²) in [5.74, 6) is 0. The smallest absolute Gasteiger partial charge is 0.183 e. The van der Waals surface area contributed by atoms with Gasteiger partial charge in [-0.3, -0.25) is 0 Å². The average molecular weight is 182 g/mol. The second kappa shape index (κ2) is 4.13. The number of hydrogen-bond acceptors (Lipinski definition) is 5. The molecule has 0 radical (unpaired) electrons. The summed E-state index contributed by atoms with van der Waals surface area (Å²) in [4.78, 5) is 0. The minimum Gasteiger partial charge on any atom is -0.412 e. The molecule has 6 N–H and O–H groups in total. The van der Waals surface area contributed by atoms with Gasteiger partial charge in [-0.15, -0.1) is 0 Å². The zero-order valence-corrected chi connectivity index (χ0v) is 6.58. The molecule has 6 heteroatoms. The Morgan fingerprint density at radius 3 is 1.92 bits per heavy atom. The summed E-state index contributed by atoms with van der Waals surface area (Å²) >= 11 is 0. The second-order valence-corrected chi connectivity index (χ2v) is 2.70. The molecule has 0 saturated carbocycles. The van der Waals surface area contributed by atoms with Gasteiger partial charge >= 0.3 is 0 Å². The van der Waals surface area contributed by atoms with Crippen LogP contribution in [0.3, 0.4) is 0 Å². The zero-order valence-electron chi connectivity index (χ0n) is 6.58. The van der Waals surface area contributed by atoms with Crippen LogP contribution in [0.1, 0.15) is 6.92 Å². The molecule has 1 rings (SSSR count). The van der Waals surface area contributed by atoms with E-state index >= 15 is 0 Å². The molecule has 74 valence electrons. The van der Waals surface area contributed by atoms with Gasteiger partial charge in [0.2, 0.25) is 0 Å². The molecule has 6 nitrogen and oxygen atoms in total. The first-order chi connectivity index (χ1) is 5.04. The molecule has 1 saturated heterocycles. The number of aliphatic hydroxyl groups is 4. The third-order valence-electron chi connectivity index (χ3n) is 1.83. The van der Waals surface area contributed by atoms with E-state index in [0.29, 0.717) is 0 Å². The van der Waals surface area contributed by atoms with E-state index in [0.717, 1.165) is 0 Å². The van der Waals surface area contributed by atoms with E-state index in [-0.39, 0.29) is 5.48 Å². The Balaban J connectivity index is 0.00000121. The van der Waals surface area contributed by atoms with Crippen LogP contribution in [-0.4, -0.2) is 56.6 Å². The molecule has 0 bridgehead atoms. The van der Waals surface area contributed by atoms with Crippen molar-refractivity contribution in [1.82, 2.24) is 0 Å². The van der Waals surface area contributed by atoms with E-state index in [1.165, 1.54) is 6.92 Å². The molecule has 1 aliphatic heterocycles. The first kappa shape index (κ1) is 11.8. The monoisotopic (exact) mass is 182 g/mol. The van der Waals surface area contributed by atoms with Crippen LogP contribution >= 0.6 is 0 Å². The molecular formula is C6H14O6. The fraction of sp³-hybridized carbons (Fsp3) is 1.00. The van der Waals surface area contributed by atoms with E-state index in [1.54, 1.807) is 0 Å². The molecule has 0 aliphatic carbocycles. The van der Waals surface area contributed by atoms with Crippen molar-refractivity contribution < 1.29 is 30.6 Å². The fourth-order valence-electron chi connectivity index (χ4n) is 1.03. The van der Waals surface area contributed by atoms with Crippen LogP contribution in [0.5, 0.6) is 0 Å². The van der Waals surface area contributed by atoms with Crippen LogP contribution in [0, 0.1) is 0 Å². The standard InChI is InChI=1S/C6H12O5.H2O/c1-2-3(7)4(8)5(9)6(10)11-2;/h2-10H,1H3;1H2. The highest BCUT2D eigenvalue weighted by molar-refractivity contribution is 4.86. The van der Waals surface area contributed by atoms with Crippen LogP contribution in [0.4, 0.5) is 0 Å². The quantitative estimate of drug-likeness (QED) is 0.317. The molecule has 1 aliphatic rings. The van der Waals surface area contributed by atoms with E-state index in [9.17, 15) is 0 Å². The van der Waals surface area contributed by atoms with Crippen LogP contribution in [0.15, 0.2) is 0 Å². The topological polar surface area (TPSA) is 122 Å². The average Bonchev–Trinajstić information content (AvgIpc) is 1.97. The van der Waals surface area contributed by atoms with Crippen molar-refractivity contribution in [1.29, 1.82) is 0 Å². The van der Waals surface area contributed by atoms with Gasteiger partial charge in [0, 0.05) is 0 Å². The predicted octanol–water partition coefficient (Wildman–Crippen LogP) is -3.02. The lowest BCUT2D eigenvalue weighted by molar-refractivity contribution is -0.277. The molecule has 1 heterocycles. The van der Waals surface area contributed by atoms with E-state index in [1.807, 2.05) is 0 Å². The first-order valence-electron chi connectivity index (χ1n) is 3.41. The zero-order chi connectivity index (χ0) is 8.59. The first-order valence-corrected chi connectivity index (χ1v) is 3.41. The third kappa shape index (κ3) is 1.92. The summed E-state index contributed by atoms with van der Waals surface area (Å²) in [6, 6.07) is 0. The summed E-state index contributed by atoms with van der Waals surface area (Å²) < 4.78 is 4.68. The van der Waals surface area contributed by atoms with Gasteiger partial charge < -0.3 is 30.6 Å². The lowest BCUT2D eigenvalue weighted by Crippen LogP contribution is -2.56. The summed E-state index contributed by atoms with van der Waals surface area (Å²) in [5, 5.41) is 36.0. The lowest BCUT2D eigenvalue weighted by Gasteiger charge is -2.36. The van der Waals surface area contributed by atoms with Crippen LogP contribution in [0.25, 0.3) is 0 Å². The van der Waals surface area contributed by atoms with Crippen molar-refractivity contribution in [3.05, 3.63) is 0 Å². The number of hydrogen-bond donors (Lipinski definition) is 4. The Hall–Kier alpha value is -0.240. The van der Waals surface area contributed by atoms with Crippen LogP contribution in [-0.2, 0) is 4.74 Å². The summed E-state index contributed by atoms with van der Waals surface area (Å²) in [5.41, 5.74) is 0. The van der Waals surface area contributed by atoms with Gasteiger partial charge in [0.05, 0.1) is 6.10 Å². The van der Waals surface area contributed by atoms with Crippen molar-refractivity contribution in [2.45, 2.75) is 37.6 Å².